The summed E-state index contributed by atoms with van der Waals surface area (Å²) in [7, 11) is 0. The minimum absolute atomic E-state index is 0.166. The standard InChI is InChI=1S/C19H17ClN4O2/c20-14-7-4-6-13(12-14)17-22-18(26-23-17)16-10-5-11-24(16)19(25)21-15-8-2-1-3-9-15/h1-4,6-9,12,16H,5,10-11H2,(H,21,25)/t16-/m0/s1. The van der Waals surface area contributed by atoms with Crippen LogP contribution < -0.4 is 5.32 Å². The second-order valence-electron chi connectivity index (χ2n) is 6.11. The molecule has 6 nitrogen and oxygen atoms in total. The molecule has 0 bridgehead atoms. The van der Waals surface area contributed by atoms with Crippen LogP contribution in [0.25, 0.3) is 11.4 Å². The van der Waals surface area contributed by atoms with Gasteiger partial charge in [0.1, 0.15) is 6.04 Å². The van der Waals surface area contributed by atoms with E-state index >= 15 is 0 Å². The Balaban J connectivity index is 1.52. The first-order valence-corrected chi connectivity index (χ1v) is 8.81. The van der Waals surface area contributed by atoms with Crippen LogP contribution in [0.15, 0.2) is 59.1 Å². The number of anilines is 1. The van der Waals surface area contributed by atoms with Crippen molar-refractivity contribution >= 4 is 23.3 Å². The molecule has 2 heterocycles. The average Bonchev–Trinajstić information content (AvgIpc) is 3.32. The van der Waals surface area contributed by atoms with Crippen LogP contribution in [0.4, 0.5) is 10.5 Å². The van der Waals surface area contributed by atoms with Gasteiger partial charge in [0.2, 0.25) is 11.7 Å². The maximum atomic E-state index is 12.6. The molecule has 1 N–H and O–H groups in total. The predicted octanol–water partition coefficient (Wildman–Crippen LogP) is 4.76. The Bertz CT molecular complexity index is 913. The van der Waals surface area contributed by atoms with Gasteiger partial charge in [-0.2, -0.15) is 4.98 Å². The number of halogens is 1. The molecule has 0 aliphatic carbocycles. The molecule has 0 spiro atoms. The molecule has 4 rings (SSSR count). The molecule has 3 aromatic rings. The summed E-state index contributed by atoms with van der Waals surface area (Å²) in [6, 6.07) is 16.3. The number of likely N-dealkylation sites (tertiary alicyclic amines) is 1. The summed E-state index contributed by atoms with van der Waals surface area (Å²) in [5.74, 6) is 0.915. The Labute approximate surface area is 155 Å². The van der Waals surface area contributed by atoms with Gasteiger partial charge >= 0.3 is 6.03 Å². The van der Waals surface area contributed by atoms with Crippen molar-refractivity contribution in [2.45, 2.75) is 18.9 Å². The summed E-state index contributed by atoms with van der Waals surface area (Å²) in [6.07, 6.45) is 1.68. The number of hydrogen-bond donors (Lipinski definition) is 1. The monoisotopic (exact) mass is 368 g/mol. The summed E-state index contributed by atoms with van der Waals surface area (Å²) in [6.45, 7) is 0.651. The SMILES string of the molecule is O=C(Nc1ccccc1)N1CCC[C@H]1c1nc(-c2cccc(Cl)c2)no1. The molecule has 1 aliphatic rings. The van der Waals surface area contributed by atoms with Crippen LogP contribution in [0.3, 0.4) is 0 Å². The zero-order chi connectivity index (χ0) is 17.9. The molecule has 1 atom stereocenters. The van der Waals surface area contributed by atoms with Gasteiger partial charge in [-0.05, 0) is 37.1 Å². The Morgan fingerprint density at radius 2 is 2.04 bits per heavy atom. The van der Waals surface area contributed by atoms with E-state index in [-0.39, 0.29) is 12.1 Å². The molecule has 7 heteroatoms. The number of carbonyl (C=O) groups is 1. The minimum Gasteiger partial charge on any atom is -0.337 e. The lowest BCUT2D eigenvalue weighted by molar-refractivity contribution is 0.193. The van der Waals surface area contributed by atoms with E-state index in [9.17, 15) is 4.79 Å². The lowest BCUT2D eigenvalue weighted by Gasteiger charge is -2.22. The number of urea groups is 1. The number of carbonyl (C=O) groups excluding carboxylic acids is 1. The highest BCUT2D eigenvalue weighted by molar-refractivity contribution is 6.30. The average molecular weight is 369 g/mol. The molecule has 1 aliphatic heterocycles. The third kappa shape index (κ3) is 3.41. The zero-order valence-electron chi connectivity index (χ0n) is 13.9. The van der Waals surface area contributed by atoms with Gasteiger partial charge in [-0.25, -0.2) is 4.79 Å². The van der Waals surface area contributed by atoms with Gasteiger partial charge in [0, 0.05) is 22.8 Å². The second-order valence-corrected chi connectivity index (χ2v) is 6.55. The van der Waals surface area contributed by atoms with E-state index in [1.165, 1.54) is 0 Å². The van der Waals surface area contributed by atoms with Crippen molar-refractivity contribution in [1.29, 1.82) is 0 Å². The predicted molar refractivity (Wildman–Crippen MR) is 98.9 cm³/mol. The molecule has 2 amide bonds. The molecule has 1 fully saturated rings. The second kappa shape index (κ2) is 7.17. The number of para-hydroxylation sites is 1. The number of hydrogen-bond acceptors (Lipinski definition) is 4. The fourth-order valence-electron chi connectivity index (χ4n) is 3.10. The van der Waals surface area contributed by atoms with Gasteiger partial charge in [0.25, 0.3) is 0 Å². The molecular formula is C19H17ClN4O2. The van der Waals surface area contributed by atoms with Gasteiger partial charge in [0.15, 0.2) is 0 Å². The topological polar surface area (TPSA) is 71.3 Å². The Hall–Kier alpha value is -2.86. The number of amides is 2. The molecule has 0 saturated carbocycles. The summed E-state index contributed by atoms with van der Waals surface area (Å²) >= 11 is 6.02. The lowest BCUT2D eigenvalue weighted by Crippen LogP contribution is -2.34. The van der Waals surface area contributed by atoms with Crippen molar-refractivity contribution < 1.29 is 9.32 Å². The lowest BCUT2D eigenvalue weighted by atomic mass is 10.2. The molecule has 26 heavy (non-hydrogen) atoms. The highest BCUT2D eigenvalue weighted by Crippen LogP contribution is 2.32. The normalized spacial score (nSPS) is 16.7. The van der Waals surface area contributed by atoms with Gasteiger partial charge in [-0.15, -0.1) is 0 Å². The van der Waals surface area contributed by atoms with Crippen molar-refractivity contribution in [3.8, 4) is 11.4 Å². The van der Waals surface area contributed by atoms with E-state index in [2.05, 4.69) is 15.5 Å². The summed E-state index contributed by atoms with van der Waals surface area (Å²) in [4.78, 5) is 18.9. The van der Waals surface area contributed by atoms with Crippen LogP contribution in [0, 0.1) is 0 Å². The van der Waals surface area contributed by atoms with Crippen molar-refractivity contribution in [3.05, 3.63) is 65.5 Å². The quantitative estimate of drug-likeness (QED) is 0.723. The summed E-state index contributed by atoms with van der Waals surface area (Å²) in [5.41, 5.74) is 1.54. The van der Waals surface area contributed by atoms with Crippen molar-refractivity contribution in [1.82, 2.24) is 15.0 Å². The zero-order valence-corrected chi connectivity index (χ0v) is 14.7. The van der Waals surface area contributed by atoms with E-state index in [4.69, 9.17) is 16.1 Å². The Morgan fingerprint density at radius 1 is 1.19 bits per heavy atom. The molecule has 1 aromatic heterocycles. The van der Waals surface area contributed by atoms with Crippen molar-refractivity contribution in [2.75, 3.05) is 11.9 Å². The third-order valence-corrected chi connectivity index (χ3v) is 4.58. The first-order chi connectivity index (χ1) is 12.7. The van der Waals surface area contributed by atoms with Crippen LogP contribution in [0.2, 0.25) is 5.02 Å². The fraction of sp³-hybridized carbons (Fsp3) is 0.211. The number of rotatable bonds is 3. The Kier molecular flexibility index (Phi) is 4.58. The van der Waals surface area contributed by atoms with Crippen molar-refractivity contribution in [2.24, 2.45) is 0 Å². The molecular weight excluding hydrogens is 352 g/mol. The number of nitrogens with zero attached hydrogens (tertiary/aromatic N) is 3. The number of benzene rings is 2. The third-order valence-electron chi connectivity index (χ3n) is 4.35. The first-order valence-electron chi connectivity index (χ1n) is 8.43. The molecule has 0 unspecified atom stereocenters. The van der Waals surface area contributed by atoms with Crippen LogP contribution in [0.5, 0.6) is 0 Å². The largest absolute Gasteiger partial charge is 0.337 e. The molecule has 1 saturated heterocycles. The number of nitrogens with one attached hydrogen (secondary N) is 1. The number of aromatic nitrogens is 2. The van der Waals surface area contributed by atoms with Gasteiger partial charge < -0.3 is 14.7 Å². The Morgan fingerprint density at radius 3 is 2.85 bits per heavy atom. The van der Waals surface area contributed by atoms with E-state index in [0.717, 1.165) is 24.1 Å². The van der Waals surface area contributed by atoms with E-state index < -0.39 is 0 Å². The minimum atomic E-state index is -0.223. The van der Waals surface area contributed by atoms with Crippen LogP contribution in [-0.2, 0) is 0 Å². The highest BCUT2D eigenvalue weighted by Gasteiger charge is 2.34. The highest BCUT2D eigenvalue weighted by atomic mass is 35.5. The maximum Gasteiger partial charge on any atom is 0.322 e. The molecule has 2 aromatic carbocycles. The van der Waals surface area contributed by atoms with Crippen molar-refractivity contribution in [3.63, 3.8) is 0 Å². The first kappa shape index (κ1) is 16.6. The van der Waals surface area contributed by atoms with E-state index in [0.29, 0.717) is 23.3 Å². The van der Waals surface area contributed by atoms with E-state index in [1.807, 2.05) is 42.5 Å². The van der Waals surface area contributed by atoms with Crippen LogP contribution in [-0.4, -0.2) is 27.6 Å². The molecule has 0 radical (unpaired) electrons. The van der Waals surface area contributed by atoms with Crippen LogP contribution in [0.1, 0.15) is 24.8 Å². The van der Waals surface area contributed by atoms with Crippen LogP contribution >= 0.6 is 11.6 Å². The molecule has 132 valence electrons. The van der Waals surface area contributed by atoms with Gasteiger partial charge in [-0.3, -0.25) is 0 Å². The summed E-state index contributed by atoms with van der Waals surface area (Å²) in [5, 5.41) is 7.57. The van der Waals surface area contributed by atoms with E-state index in [1.54, 1.807) is 17.0 Å². The maximum absolute atomic E-state index is 12.6. The summed E-state index contributed by atoms with van der Waals surface area (Å²) < 4.78 is 5.45. The smallest absolute Gasteiger partial charge is 0.322 e. The fourth-order valence-corrected chi connectivity index (χ4v) is 3.29. The van der Waals surface area contributed by atoms with Gasteiger partial charge in [-0.1, -0.05) is 47.1 Å². The van der Waals surface area contributed by atoms with Gasteiger partial charge in [0.05, 0.1) is 0 Å².